The fourth-order valence-electron chi connectivity index (χ4n) is 2.19. The summed E-state index contributed by atoms with van der Waals surface area (Å²) < 4.78 is 6.39. The second kappa shape index (κ2) is 6.64. The zero-order chi connectivity index (χ0) is 16.2. The molecule has 1 aromatic heterocycles. The van der Waals surface area contributed by atoms with Gasteiger partial charge in [0.05, 0.1) is 10.2 Å². The molecule has 0 spiro atoms. The summed E-state index contributed by atoms with van der Waals surface area (Å²) in [6.07, 6.45) is 0. The number of thiazole rings is 1. The van der Waals surface area contributed by atoms with Crippen molar-refractivity contribution in [2.45, 2.75) is 6.92 Å². The van der Waals surface area contributed by atoms with E-state index in [0.29, 0.717) is 16.6 Å². The van der Waals surface area contributed by atoms with Crippen molar-refractivity contribution < 1.29 is 9.53 Å². The number of nitrogens with one attached hydrogen (secondary N) is 2. The highest BCUT2D eigenvalue weighted by molar-refractivity contribution is 7.22. The molecule has 1 amide bonds. The number of hydrogen-bond acceptors (Lipinski definition) is 6. The number of hydrogen-bond donors (Lipinski definition) is 3. The predicted octanol–water partition coefficient (Wildman–Crippen LogP) is 2.91. The van der Waals surface area contributed by atoms with Crippen molar-refractivity contribution >= 4 is 38.3 Å². The van der Waals surface area contributed by atoms with Crippen LogP contribution in [0.3, 0.4) is 0 Å². The number of aromatic nitrogens is 1. The van der Waals surface area contributed by atoms with Gasteiger partial charge in [-0.1, -0.05) is 29.5 Å². The number of ether oxygens (including phenoxy) is 1. The first-order valence-corrected chi connectivity index (χ1v) is 7.83. The van der Waals surface area contributed by atoms with Crippen LogP contribution in [0.15, 0.2) is 42.5 Å². The van der Waals surface area contributed by atoms with E-state index < -0.39 is 0 Å². The lowest BCUT2D eigenvalue weighted by Gasteiger charge is -2.08. The minimum atomic E-state index is -0.214. The molecule has 6 nitrogen and oxygen atoms in total. The van der Waals surface area contributed by atoms with E-state index in [1.165, 1.54) is 11.3 Å². The Morgan fingerprint density at radius 1 is 1.30 bits per heavy atom. The summed E-state index contributed by atoms with van der Waals surface area (Å²) in [6.45, 7) is 1.90. The number of nitrogens with zero attached hydrogens (tertiary/aromatic N) is 1. The van der Waals surface area contributed by atoms with E-state index in [2.05, 4.69) is 15.7 Å². The van der Waals surface area contributed by atoms with Crippen LogP contribution in [0.1, 0.15) is 5.56 Å². The topological polar surface area (TPSA) is 89.3 Å². The van der Waals surface area contributed by atoms with Gasteiger partial charge in [0.1, 0.15) is 5.75 Å². The molecule has 0 atom stereocenters. The minimum Gasteiger partial charge on any atom is -0.484 e. The maximum Gasteiger partial charge on any atom is 0.262 e. The molecule has 0 bridgehead atoms. The molecule has 3 rings (SSSR count). The summed E-state index contributed by atoms with van der Waals surface area (Å²) >= 11 is 1.43. The summed E-state index contributed by atoms with van der Waals surface area (Å²) in [5, 5.41) is 3.47. The molecule has 4 N–H and O–H groups in total. The lowest BCUT2D eigenvalue weighted by molar-refractivity contribution is -0.118. The molecule has 0 aliphatic carbocycles. The van der Waals surface area contributed by atoms with Crippen LogP contribution in [0, 0.1) is 6.92 Å². The van der Waals surface area contributed by atoms with E-state index in [-0.39, 0.29) is 12.5 Å². The van der Waals surface area contributed by atoms with Crippen molar-refractivity contribution in [3.8, 4) is 5.75 Å². The number of aryl methyl sites for hydroxylation is 1. The number of hydrazine groups is 1. The van der Waals surface area contributed by atoms with Gasteiger partial charge in [0.25, 0.3) is 5.91 Å². The summed E-state index contributed by atoms with van der Waals surface area (Å²) in [5.41, 5.74) is 5.10. The smallest absolute Gasteiger partial charge is 0.262 e. The summed E-state index contributed by atoms with van der Waals surface area (Å²) in [5.74, 6) is 5.84. The van der Waals surface area contributed by atoms with Crippen molar-refractivity contribution in [2.75, 3.05) is 17.3 Å². The molecular weight excluding hydrogens is 312 g/mol. The number of benzene rings is 2. The Morgan fingerprint density at radius 2 is 2.09 bits per heavy atom. The monoisotopic (exact) mass is 328 g/mol. The van der Waals surface area contributed by atoms with Crippen LogP contribution in [0.4, 0.5) is 10.8 Å². The Morgan fingerprint density at radius 3 is 2.83 bits per heavy atom. The number of anilines is 2. The first-order valence-electron chi connectivity index (χ1n) is 7.01. The first kappa shape index (κ1) is 15.3. The fraction of sp³-hybridized carbons (Fsp3) is 0.125. The zero-order valence-corrected chi connectivity index (χ0v) is 13.3. The van der Waals surface area contributed by atoms with Gasteiger partial charge in [-0.05, 0) is 36.8 Å². The van der Waals surface area contributed by atoms with Crippen LogP contribution >= 0.6 is 11.3 Å². The fourth-order valence-corrected chi connectivity index (χ4v) is 3.09. The number of nitrogens with two attached hydrogens (primary N) is 1. The van der Waals surface area contributed by atoms with Crippen molar-refractivity contribution in [2.24, 2.45) is 5.84 Å². The second-order valence-corrected chi connectivity index (χ2v) is 5.98. The number of rotatable bonds is 5. The van der Waals surface area contributed by atoms with Crippen molar-refractivity contribution in [1.29, 1.82) is 0 Å². The molecule has 0 saturated heterocycles. The number of amides is 1. The Labute approximate surface area is 137 Å². The van der Waals surface area contributed by atoms with Crippen molar-refractivity contribution in [1.82, 2.24) is 4.98 Å². The van der Waals surface area contributed by atoms with Gasteiger partial charge in [0.2, 0.25) is 0 Å². The molecule has 7 heteroatoms. The molecule has 0 radical (unpaired) electrons. The molecule has 0 aliphatic rings. The Balaban J connectivity index is 1.69. The zero-order valence-electron chi connectivity index (χ0n) is 12.5. The van der Waals surface area contributed by atoms with Crippen LogP contribution < -0.4 is 21.3 Å². The number of nitrogen functional groups attached to an aromatic ring is 1. The molecule has 23 heavy (non-hydrogen) atoms. The van der Waals surface area contributed by atoms with Crippen LogP contribution in [0.2, 0.25) is 0 Å². The molecule has 0 aliphatic heterocycles. The third-order valence-electron chi connectivity index (χ3n) is 3.21. The van der Waals surface area contributed by atoms with Crippen LogP contribution in [-0.2, 0) is 4.79 Å². The molecule has 3 aromatic rings. The highest BCUT2D eigenvalue weighted by Gasteiger charge is 2.10. The quantitative estimate of drug-likeness (QED) is 0.495. The van der Waals surface area contributed by atoms with E-state index in [0.717, 1.165) is 15.8 Å². The van der Waals surface area contributed by atoms with Gasteiger partial charge in [-0.25, -0.2) is 10.8 Å². The Hall–Kier alpha value is -2.64. The minimum absolute atomic E-state index is 0.0423. The van der Waals surface area contributed by atoms with E-state index >= 15 is 0 Å². The van der Waals surface area contributed by atoms with Gasteiger partial charge in [0.15, 0.2) is 11.7 Å². The van der Waals surface area contributed by atoms with Crippen LogP contribution in [-0.4, -0.2) is 17.5 Å². The molecule has 1 heterocycles. The average Bonchev–Trinajstić information content (AvgIpc) is 2.98. The number of carbonyl (C=O) groups is 1. The third-order valence-corrected chi connectivity index (χ3v) is 4.14. The van der Waals surface area contributed by atoms with E-state index in [4.69, 9.17) is 10.6 Å². The first-order chi connectivity index (χ1) is 11.2. The van der Waals surface area contributed by atoms with Crippen LogP contribution in [0.25, 0.3) is 10.2 Å². The van der Waals surface area contributed by atoms with Gasteiger partial charge in [-0.3, -0.25) is 10.2 Å². The van der Waals surface area contributed by atoms with Gasteiger partial charge < -0.3 is 10.1 Å². The summed E-state index contributed by atoms with van der Waals surface area (Å²) in [6, 6.07) is 13.0. The van der Waals surface area contributed by atoms with Gasteiger partial charge >= 0.3 is 0 Å². The molecule has 0 fully saturated rings. The second-order valence-electron chi connectivity index (χ2n) is 4.95. The summed E-state index contributed by atoms with van der Waals surface area (Å²) in [4.78, 5) is 16.4. The van der Waals surface area contributed by atoms with E-state index in [1.54, 1.807) is 0 Å². The lowest BCUT2D eigenvalue weighted by Crippen LogP contribution is -2.20. The molecular formula is C16H16N4O2S. The third kappa shape index (κ3) is 3.58. The number of carbonyl (C=O) groups excluding carboxylic acids is 1. The maximum atomic E-state index is 12.0. The average molecular weight is 328 g/mol. The van der Waals surface area contributed by atoms with E-state index in [9.17, 15) is 4.79 Å². The van der Waals surface area contributed by atoms with Gasteiger partial charge in [-0.15, -0.1) is 0 Å². The number of para-hydroxylation sites is 1. The largest absolute Gasteiger partial charge is 0.484 e. The molecule has 2 aromatic carbocycles. The molecule has 0 unspecified atom stereocenters. The van der Waals surface area contributed by atoms with Crippen molar-refractivity contribution in [3.05, 3.63) is 48.0 Å². The summed E-state index contributed by atoms with van der Waals surface area (Å²) in [7, 11) is 0. The highest BCUT2D eigenvalue weighted by Crippen LogP contribution is 2.30. The number of fused-ring (bicyclic) bond motifs is 1. The normalized spacial score (nSPS) is 10.5. The van der Waals surface area contributed by atoms with E-state index in [1.807, 2.05) is 49.4 Å². The van der Waals surface area contributed by atoms with Gasteiger partial charge in [-0.2, -0.15) is 0 Å². The SMILES string of the molecule is Cc1cc(NC(=O)COc2ccccc2)cc2sc(NN)nc12. The molecule has 0 saturated carbocycles. The molecule has 118 valence electrons. The Bertz CT molecular complexity index is 833. The van der Waals surface area contributed by atoms with Gasteiger partial charge in [0, 0.05) is 5.69 Å². The van der Waals surface area contributed by atoms with Crippen LogP contribution in [0.5, 0.6) is 5.75 Å². The predicted molar refractivity (Wildman–Crippen MR) is 92.7 cm³/mol. The maximum absolute atomic E-state index is 12.0. The standard InChI is InChI=1S/C16H16N4O2S/c1-10-7-11(8-13-15(10)19-16(20-17)23-13)18-14(21)9-22-12-5-3-2-4-6-12/h2-8H,9,17H2,1H3,(H,18,21)(H,19,20). The van der Waals surface area contributed by atoms with Crippen molar-refractivity contribution in [3.63, 3.8) is 0 Å². The highest BCUT2D eigenvalue weighted by atomic mass is 32.1. The Kier molecular flexibility index (Phi) is 4.40. The lowest BCUT2D eigenvalue weighted by atomic mass is 10.2.